The molecule has 3 nitrogen and oxygen atoms in total. The third-order valence-corrected chi connectivity index (χ3v) is 3.64. The number of halogens is 1. The lowest BCUT2D eigenvalue weighted by Crippen LogP contribution is -2.40. The van der Waals surface area contributed by atoms with Crippen molar-refractivity contribution in [2.45, 2.75) is 25.4 Å². The number of nitrogens with two attached hydrogens (primary N) is 1. The lowest BCUT2D eigenvalue weighted by atomic mass is 10.0. The number of nitrogens with one attached hydrogen (secondary N) is 1. The second kappa shape index (κ2) is 5.71. The van der Waals surface area contributed by atoms with E-state index in [1.54, 1.807) is 0 Å². The Morgan fingerprint density at radius 1 is 1.41 bits per heavy atom. The second-order valence-corrected chi connectivity index (χ2v) is 5.24. The molecule has 0 atom stereocenters. The minimum Gasteiger partial charge on any atom is -0.398 e. The van der Waals surface area contributed by atoms with Gasteiger partial charge in [0.15, 0.2) is 0 Å². The summed E-state index contributed by atoms with van der Waals surface area (Å²) in [6.07, 6.45) is 2.41. The first-order valence-corrected chi connectivity index (χ1v) is 6.49. The molecule has 2 rings (SSSR count). The smallest absolute Gasteiger partial charge is 0.0410 e. The third kappa shape index (κ3) is 3.60. The van der Waals surface area contributed by atoms with Gasteiger partial charge in [-0.05, 0) is 56.7 Å². The van der Waals surface area contributed by atoms with Gasteiger partial charge in [0.1, 0.15) is 0 Å². The molecule has 3 N–H and O–H groups in total. The van der Waals surface area contributed by atoms with E-state index in [9.17, 15) is 0 Å². The van der Waals surface area contributed by atoms with Gasteiger partial charge in [0.05, 0.1) is 0 Å². The first-order valence-electron chi connectivity index (χ1n) is 6.11. The van der Waals surface area contributed by atoms with Gasteiger partial charge in [-0.3, -0.25) is 0 Å². The zero-order chi connectivity index (χ0) is 12.3. The Bertz CT molecular complexity index is 373. The molecule has 4 heteroatoms. The van der Waals surface area contributed by atoms with Crippen LogP contribution in [0.1, 0.15) is 18.4 Å². The first-order chi connectivity index (χ1) is 8.15. The van der Waals surface area contributed by atoms with Crippen LogP contribution in [-0.2, 0) is 6.54 Å². The Morgan fingerprint density at radius 2 is 2.12 bits per heavy atom. The molecule has 1 aromatic carbocycles. The van der Waals surface area contributed by atoms with Crippen molar-refractivity contribution in [1.29, 1.82) is 0 Å². The van der Waals surface area contributed by atoms with Gasteiger partial charge in [-0.25, -0.2) is 0 Å². The molecular formula is C13H20ClN3. The van der Waals surface area contributed by atoms with E-state index in [0.717, 1.165) is 22.8 Å². The molecule has 0 amide bonds. The van der Waals surface area contributed by atoms with Gasteiger partial charge >= 0.3 is 0 Å². The van der Waals surface area contributed by atoms with Gasteiger partial charge in [-0.1, -0.05) is 11.6 Å². The van der Waals surface area contributed by atoms with Crippen LogP contribution in [0.5, 0.6) is 0 Å². The van der Waals surface area contributed by atoms with E-state index in [4.69, 9.17) is 17.3 Å². The second-order valence-electron chi connectivity index (χ2n) is 4.80. The largest absolute Gasteiger partial charge is 0.398 e. The van der Waals surface area contributed by atoms with E-state index in [-0.39, 0.29) is 0 Å². The van der Waals surface area contributed by atoms with E-state index in [1.807, 2.05) is 18.2 Å². The van der Waals surface area contributed by atoms with E-state index in [1.165, 1.54) is 25.9 Å². The predicted molar refractivity (Wildman–Crippen MR) is 73.2 cm³/mol. The topological polar surface area (TPSA) is 41.3 Å². The minimum atomic E-state index is 0.601. The molecule has 1 fully saturated rings. The molecule has 0 spiro atoms. The van der Waals surface area contributed by atoms with Gasteiger partial charge in [0, 0.05) is 23.3 Å². The fourth-order valence-electron chi connectivity index (χ4n) is 2.19. The summed E-state index contributed by atoms with van der Waals surface area (Å²) in [5.41, 5.74) is 7.83. The molecule has 0 radical (unpaired) electrons. The predicted octanol–water partition coefficient (Wildman–Crippen LogP) is 2.11. The molecule has 1 aliphatic heterocycles. The van der Waals surface area contributed by atoms with E-state index in [2.05, 4.69) is 17.3 Å². The lowest BCUT2D eigenvalue weighted by Gasteiger charge is -2.29. The molecule has 1 heterocycles. The van der Waals surface area contributed by atoms with Crippen LogP contribution in [0.25, 0.3) is 0 Å². The molecule has 94 valence electrons. The van der Waals surface area contributed by atoms with Crippen molar-refractivity contribution in [1.82, 2.24) is 10.2 Å². The van der Waals surface area contributed by atoms with Crippen LogP contribution in [0.15, 0.2) is 18.2 Å². The van der Waals surface area contributed by atoms with Crippen LogP contribution in [0.4, 0.5) is 5.69 Å². The Balaban J connectivity index is 1.87. The number of nitrogen functional groups attached to an aromatic ring is 1. The van der Waals surface area contributed by atoms with Crippen molar-refractivity contribution in [3.05, 3.63) is 28.8 Å². The Hall–Kier alpha value is -0.770. The molecular weight excluding hydrogens is 234 g/mol. The fourth-order valence-corrected chi connectivity index (χ4v) is 2.39. The summed E-state index contributed by atoms with van der Waals surface area (Å²) in [6, 6.07) is 6.24. The fraction of sp³-hybridized carbons (Fsp3) is 0.538. The Kier molecular flexibility index (Phi) is 4.26. The average Bonchev–Trinajstić information content (AvgIpc) is 2.32. The van der Waals surface area contributed by atoms with Crippen molar-refractivity contribution in [2.24, 2.45) is 0 Å². The van der Waals surface area contributed by atoms with Crippen LogP contribution in [0.3, 0.4) is 0 Å². The molecule has 0 bridgehead atoms. The van der Waals surface area contributed by atoms with E-state index < -0.39 is 0 Å². The Morgan fingerprint density at radius 3 is 2.82 bits per heavy atom. The van der Waals surface area contributed by atoms with Crippen molar-refractivity contribution >= 4 is 17.3 Å². The summed E-state index contributed by atoms with van der Waals surface area (Å²) in [5, 5.41) is 4.31. The highest BCUT2D eigenvalue weighted by Gasteiger charge is 2.16. The highest BCUT2D eigenvalue weighted by molar-refractivity contribution is 6.30. The number of hydrogen-bond acceptors (Lipinski definition) is 3. The summed E-state index contributed by atoms with van der Waals surface area (Å²) < 4.78 is 0. The molecule has 1 aromatic rings. The van der Waals surface area contributed by atoms with Crippen LogP contribution in [0.2, 0.25) is 5.02 Å². The summed E-state index contributed by atoms with van der Waals surface area (Å²) in [6.45, 7) is 3.15. The van der Waals surface area contributed by atoms with Crippen molar-refractivity contribution < 1.29 is 0 Å². The average molecular weight is 254 g/mol. The molecule has 0 unspecified atom stereocenters. The van der Waals surface area contributed by atoms with E-state index >= 15 is 0 Å². The monoisotopic (exact) mass is 253 g/mol. The van der Waals surface area contributed by atoms with Gasteiger partial charge in [-0.15, -0.1) is 0 Å². The van der Waals surface area contributed by atoms with Crippen molar-refractivity contribution in [3.63, 3.8) is 0 Å². The Labute approximate surface area is 108 Å². The molecule has 0 saturated carbocycles. The van der Waals surface area contributed by atoms with Crippen LogP contribution < -0.4 is 11.1 Å². The highest BCUT2D eigenvalue weighted by Crippen LogP contribution is 2.18. The van der Waals surface area contributed by atoms with E-state index in [0.29, 0.717) is 6.04 Å². The standard InChI is InChI=1S/C13H20ClN3/c1-17-6-4-12(5-7-17)16-9-10-8-11(14)2-3-13(10)15/h2-3,8,12,16H,4-7,9,15H2,1H3. The number of likely N-dealkylation sites (tertiary alicyclic amines) is 1. The minimum absolute atomic E-state index is 0.601. The zero-order valence-electron chi connectivity index (χ0n) is 10.2. The van der Waals surface area contributed by atoms with Crippen molar-refractivity contribution in [2.75, 3.05) is 25.9 Å². The normalized spacial score (nSPS) is 18.5. The third-order valence-electron chi connectivity index (χ3n) is 3.40. The van der Waals surface area contributed by atoms with Gasteiger partial charge in [0.2, 0.25) is 0 Å². The lowest BCUT2D eigenvalue weighted by molar-refractivity contribution is 0.234. The number of piperidine rings is 1. The molecule has 1 aliphatic rings. The van der Waals surface area contributed by atoms with Crippen LogP contribution in [0, 0.1) is 0 Å². The van der Waals surface area contributed by atoms with Crippen molar-refractivity contribution in [3.8, 4) is 0 Å². The number of rotatable bonds is 3. The number of nitrogens with zero attached hydrogens (tertiary/aromatic N) is 1. The number of benzene rings is 1. The van der Waals surface area contributed by atoms with Crippen LogP contribution >= 0.6 is 11.6 Å². The van der Waals surface area contributed by atoms with Gasteiger partial charge < -0.3 is 16.0 Å². The SMILES string of the molecule is CN1CCC(NCc2cc(Cl)ccc2N)CC1. The maximum Gasteiger partial charge on any atom is 0.0410 e. The van der Waals surface area contributed by atoms with Gasteiger partial charge in [-0.2, -0.15) is 0 Å². The number of anilines is 1. The number of hydrogen-bond donors (Lipinski definition) is 2. The quantitative estimate of drug-likeness (QED) is 0.811. The summed E-state index contributed by atoms with van der Waals surface area (Å²) in [7, 11) is 2.17. The van der Waals surface area contributed by atoms with Gasteiger partial charge in [0.25, 0.3) is 0 Å². The maximum absolute atomic E-state index is 5.97. The molecule has 17 heavy (non-hydrogen) atoms. The maximum atomic E-state index is 5.97. The summed E-state index contributed by atoms with van der Waals surface area (Å²) >= 11 is 5.97. The summed E-state index contributed by atoms with van der Waals surface area (Å²) in [5.74, 6) is 0. The highest BCUT2D eigenvalue weighted by atomic mass is 35.5. The van der Waals surface area contributed by atoms with Crippen LogP contribution in [-0.4, -0.2) is 31.1 Å². The summed E-state index contributed by atoms with van der Waals surface area (Å²) in [4.78, 5) is 2.37. The first kappa shape index (κ1) is 12.7. The molecule has 0 aromatic heterocycles. The molecule has 1 saturated heterocycles. The zero-order valence-corrected chi connectivity index (χ0v) is 11.0. The molecule has 0 aliphatic carbocycles.